The molecule has 0 spiro atoms. The van der Waals surface area contributed by atoms with Gasteiger partial charge >= 0.3 is 0 Å². The van der Waals surface area contributed by atoms with Crippen molar-refractivity contribution in [3.05, 3.63) is 76.5 Å². The van der Waals surface area contributed by atoms with E-state index < -0.39 is 17.8 Å². The van der Waals surface area contributed by atoms with Crippen molar-refractivity contribution in [2.75, 3.05) is 13.2 Å². The monoisotopic (exact) mass is 514 g/mol. The van der Waals surface area contributed by atoms with Gasteiger partial charge in [0, 0.05) is 18.7 Å². The van der Waals surface area contributed by atoms with Crippen LogP contribution in [0, 0.1) is 11.7 Å². The largest absolute Gasteiger partial charge is 0.483 e. The fourth-order valence-corrected chi connectivity index (χ4v) is 4.00. The van der Waals surface area contributed by atoms with Crippen molar-refractivity contribution >= 4 is 38.5 Å². The lowest BCUT2D eigenvalue weighted by Gasteiger charge is -2.29. The Morgan fingerprint density at radius 1 is 1.03 bits per heavy atom. The van der Waals surface area contributed by atoms with E-state index in [0.29, 0.717) is 17.9 Å². The van der Waals surface area contributed by atoms with Crippen LogP contribution in [0.4, 0.5) is 4.39 Å². The van der Waals surface area contributed by atoms with Crippen molar-refractivity contribution in [1.29, 1.82) is 0 Å². The summed E-state index contributed by atoms with van der Waals surface area (Å²) in [6, 6.07) is 17.0. The van der Waals surface area contributed by atoms with E-state index >= 15 is 0 Å². The van der Waals surface area contributed by atoms with Crippen LogP contribution in [0.2, 0.25) is 0 Å². The lowest BCUT2D eigenvalue weighted by Crippen LogP contribution is -2.49. The van der Waals surface area contributed by atoms with Gasteiger partial charge in [-0.3, -0.25) is 9.59 Å². The van der Waals surface area contributed by atoms with Crippen molar-refractivity contribution in [1.82, 2.24) is 10.2 Å². The highest BCUT2D eigenvalue weighted by molar-refractivity contribution is 9.10. The second kappa shape index (κ2) is 11.3. The molecule has 0 unspecified atom stereocenters. The van der Waals surface area contributed by atoms with Crippen LogP contribution in [0.1, 0.15) is 26.3 Å². The van der Waals surface area contributed by atoms with Crippen LogP contribution in [0.15, 0.2) is 65.1 Å². The minimum atomic E-state index is -0.792. The van der Waals surface area contributed by atoms with E-state index in [2.05, 4.69) is 21.2 Å². The normalized spacial score (nSPS) is 11.9. The molecule has 0 aliphatic carbocycles. The summed E-state index contributed by atoms with van der Waals surface area (Å²) in [4.78, 5) is 27.2. The molecular weight excluding hydrogens is 487 g/mol. The first-order valence-corrected chi connectivity index (χ1v) is 11.7. The fourth-order valence-electron chi connectivity index (χ4n) is 3.39. The summed E-state index contributed by atoms with van der Waals surface area (Å²) in [5, 5.41) is 4.85. The average molecular weight is 515 g/mol. The van der Waals surface area contributed by atoms with Crippen LogP contribution in [-0.2, 0) is 16.1 Å². The third-order valence-corrected chi connectivity index (χ3v) is 6.15. The van der Waals surface area contributed by atoms with Gasteiger partial charge in [-0.1, -0.05) is 62.4 Å². The Bertz CT molecular complexity index is 1140. The van der Waals surface area contributed by atoms with Crippen molar-refractivity contribution in [3.63, 3.8) is 0 Å². The molecule has 33 heavy (non-hydrogen) atoms. The molecule has 1 atom stereocenters. The predicted molar refractivity (Wildman–Crippen MR) is 131 cm³/mol. The molecule has 3 aromatic carbocycles. The first-order chi connectivity index (χ1) is 15.8. The predicted octanol–water partition coefficient (Wildman–Crippen LogP) is 5.31. The minimum Gasteiger partial charge on any atom is -0.483 e. The number of carbonyl (C=O) groups excluding carboxylic acids is 2. The maximum absolute atomic E-state index is 14.3. The highest BCUT2D eigenvalue weighted by Gasteiger charge is 2.27. The Balaban J connectivity index is 1.79. The van der Waals surface area contributed by atoms with Crippen molar-refractivity contribution in [3.8, 4) is 5.75 Å². The second-order valence-corrected chi connectivity index (χ2v) is 9.11. The highest BCUT2D eigenvalue weighted by Crippen LogP contribution is 2.33. The molecule has 0 heterocycles. The summed E-state index contributed by atoms with van der Waals surface area (Å²) < 4.78 is 20.9. The van der Waals surface area contributed by atoms with E-state index in [4.69, 9.17) is 4.74 Å². The molecule has 3 aromatic rings. The van der Waals surface area contributed by atoms with Gasteiger partial charge in [0.25, 0.3) is 5.91 Å². The summed E-state index contributed by atoms with van der Waals surface area (Å²) >= 11 is 3.55. The molecular formula is C26H28BrFN2O3. The van der Waals surface area contributed by atoms with E-state index in [-0.39, 0.29) is 25.0 Å². The minimum absolute atomic E-state index is 0.0377. The van der Waals surface area contributed by atoms with Gasteiger partial charge in [0.15, 0.2) is 6.61 Å². The molecule has 2 amide bonds. The number of nitrogens with zero attached hydrogens (tertiary/aromatic N) is 1. The summed E-state index contributed by atoms with van der Waals surface area (Å²) in [5.41, 5.74) is 0.334. The van der Waals surface area contributed by atoms with Crippen LogP contribution in [0.5, 0.6) is 5.75 Å². The maximum atomic E-state index is 14.3. The Hall–Kier alpha value is -2.93. The van der Waals surface area contributed by atoms with Crippen LogP contribution >= 0.6 is 15.9 Å². The number of nitrogens with one attached hydrogen (secondary N) is 1. The molecule has 1 N–H and O–H groups in total. The zero-order valence-electron chi connectivity index (χ0n) is 19.0. The number of halogens is 2. The van der Waals surface area contributed by atoms with Gasteiger partial charge < -0.3 is 15.0 Å². The van der Waals surface area contributed by atoms with Crippen LogP contribution in [0.25, 0.3) is 10.8 Å². The first kappa shape index (κ1) is 24.7. The zero-order chi connectivity index (χ0) is 24.0. The topological polar surface area (TPSA) is 58.6 Å². The molecule has 0 radical (unpaired) electrons. The van der Waals surface area contributed by atoms with E-state index in [1.807, 2.05) is 44.2 Å². The van der Waals surface area contributed by atoms with Gasteiger partial charge in [-0.2, -0.15) is 0 Å². The van der Waals surface area contributed by atoms with E-state index in [1.165, 1.54) is 11.0 Å². The molecule has 7 heteroatoms. The SMILES string of the molecule is CC(C)CNC(=O)[C@H](C)N(Cc1ccccc1F)C(=O)COc1ccc2ccccc2c1Br. The Morgan fingerprint density at radius 2 is 1.73 bits per heavy atom. The summed E-state index contributed by atoms with van der Waals surface area (Å²) in [5.74, 6) is -0.343. The molecule has 5 nitrogen and oxygen atoms in total. The highest BCUT2D eigenvalue weighted by atomic mass is 79.9. The third-order valence-electron chi connectivity index (χ3n) is 5.33. The lowest BCUT2D eigenvalue weighted by molar-refractivity contribution is -0.142. The summed E-state index contributed by atoms with van der Waals surface area (Å²) in [6.45, 7) is 5.79. The molecule has 3 rings (SSSR count). The van der Waals surface area contributed by atoms with Gasteiger partial charge in [0.1, 0.15) is 17.6 Å². The standard InChI is InChI=1S/C26H28BrFN2O3/c1-17(2)14-29-26(32)18(3)30(15-20-9-5-7-11-22(20)28)24(31)16-33-23-13-12-19-8-4-6-10-21(19)25(23)27/h4-13,17-18H,14-16H2,1-3H3,(H,29,32)/t18-/m0/s1. The lowest BCUT2D eigenvalue weighted by atomic mass is 10.1. The molecule has 0 bridgehead atoms. The molecule has 0 fully saturated rings. The second-order valence-electron chi connectivity index (χ2n) is 8.32. The number of benzene rings is 3. The number of hydrogen-bond donors (Lipinski definition) is 1. The zero-order valence-corrected chi connectivity index (χ0v) is 20.6. The Kier molecular flexibility index (Phi) is 8.44. The molecule has 0 aliphatic heterocycles. The van der Waals surface area contributed by atoms with Gasteiger partial charge in [-0.05, 0) is 51.7 Å². The van der Waals surface area contributed by atoms with Crippen molar-refractivity contribution in [2.45, 2.75) is 33.4 Å². The summed E-state index contributed by atoms with van der Waals surface area (Å²) in [7, 11) is 0. The molecule has 0 aromatic heterocycles. The fraction of sp³-hybridized carbons (Fsp3) is 0.308. The number of rotatable bonds is 9. The van der Waals surface area contributed by atoms with Gasteiger partial charge in [-0.15, -0.1) is 0 Å². The van der Waals surface area contributed by atoms with Crippen LogP contribution in [0.3, 0.4) is 0 Å². The maximum Gasteiger partial charge on any atom is 0.261 e. The van der Waals surface area contributed by atoms with E-state index in [9.17, 15) is 14.0 Å². The van der Waals surface area contributed by atoms with Gasteiger partial charge in [0.05, 0.1) is 4.47 Å². The smallest absolute Gasteiger partial charge is 0.261 e. The van der Waals surface area contributed by atoms with E-state index in [1.54, 1.807) is 31.2 Å². The van der Waals surface area contributed by atoms with Gasteiger partial charge in [0.2, 0.25) is 5.91 Å². The first-order valence-electron chi connectivity index (χ1n) is 10.9. The quantitative estimate of drug-likeness (QED) is 0.420. The van der Waals surface area contributed by atoms with Crippen LogP contribution < -0.4 is 10.1 Å². The van der Waals surface area contributed by atoms with E-state index in [0.717, 1.165) is 15.2 Å². The molecule has 0 aliphatic rings. The average Bonchev–Trinajstić information content (AvgIpc) is 2.81. The van der Waals surface area contributed by atoms with Crippen molar-refractivity contribution < 1.29 is 18.7 Å². The molecule has 174 valence electrons. The number of amides is 2. The van der Waals surface area contributed by atoms with Crippen LogP contribution in [-0.4, -0.2) is 35.9 Å². The Morgan fingerprint density at radius 3 is 2.45 bits per heavy atom. The molecule has 0 saturated carbocycles. The number of ether oxygens (including phenoxy) is 1. The number of hydrogen-bond acceptors (Lipinski definition) is 3. The number of carbonyl (C=O) groups is 2. The Labute approximate surface area is 202 Å². The van der Waals surface area contributed by atoms with Crippen molar-refractivity contribution in [2.24, 2.45) is 5.92 Å². The summed E-state index contributed by atoms with van der Waals surface area (Å²) in [6.07, 6.45) is 0. The van der Waals surface area contributed by atoms with Gasteiger partial charge in [-0.25, -0.2) is 4.39 Å². The number of fused-ring (bicyclic) bond motifs is 1. The molecule has 0 saturated heterocycles. The third kappa shape index (κ3) is 6.32.